The van der Waals surface area contributed by atoms with Crippen LogP contribution in [0.25, 0.3) is 0 Å². The number of rotatable bonds is 7. The fraction of sp³-hybridized carbons (Fsp3) is 0.500. The monoisotopic (exact) mass is 301 g/mol. The van der Waals surface area contributed by atoms with Gasteiger partial charge in [-0.15, -0.1) is 0 Å². The van der Waals surface area contributed by atoms with E-state index >= 15 is 0 Å². The molecule has 0 saturated carbocycles. The quantitative estimate of drug-likeness (QED) is 0.781. The Morgan fingerprint density at radius 1 is 1.25 bits per heavy atom. The molecule has 0 spiro atoms. The van der Waals surface area contributed by atoms with Crippen molar-refractivity contribution in [1.29, 1.82) is 0 Å². The number of hydrogen-bond acceptors (Lipinski definition) is 5. The van der Waals surface area contributed by atoms with Crippen LogP contribution >= 0.6 is 0 Å². The molecule has 20 heavy (non-hydrogen) atoms. The molecule has 0 fully saturated rings. The van der Waals surface area contributed by atoms with E-state index in [-0.39, 0.29) is 10.6 Å². The predicted molar refractivity (Wildman–Crippen MR) is 74.2 cm³/mol. The van der Waals surface area contributed by atoms with Gasteiger partial charge < -0.3 is 10.0 Å². The molecule has 0 radical (unpaired) electrons. The normalized spacial score (nSPS) is 12.1. The third-order valence-corrected chi connectivity index (χ3v) is 4.51. The number of carboxylic acids is 1. The highest BCUT2D eigenvalue weighted by molar-refractivity contribution is 7.89. The number of carboxylic acid groups (broad SMARTS) is 1. The van der Waals surface area contributed by atoms with E-state index in [9.17, 15) is 13.2 Å². The van der Waals surface area contributed by atoms with E-state index in [0.29, 0.717) is 13.0 Å². The molecule has 0 aliphatic heterocycles. The Morgan fingerprint density at radius 3 is 2.35 bits per heavy atom. The smallest absolute Gasteiger partial charge is 0.337 e. The highest BCUT2D eigenvalue weighted by Gasteiger charge is 2.22. The van der Waals surface area contributed by atoms with Crippen molar-refractivity contribution < 1.29 is 18.3 Å². The summed E-state index contributed by atoms with van der Waals surface area (Å²) in [6.07, 6.45) is 1.75. The molecule has 0 atom stereocenters. The zero-order valence-electron chi connectivity index (χ0n) is 11.8. The topological polar surface area (TPSA) is 90.8 Å². The van der Waals surface area contributed by atoms with Gasteiger partial charge in [0.15, 0.2) is 5.03 Å². The molecule has 0 aliphatic carbocycles. The molecular formula is C12H19N3O4S. The van der Waals surface area contributed by atoms with E-state index in [4.69, 9.17) is 5.11 Å². The summed E-state index contributed by atoms with van der Waals surface area (Å²) in [7, 11) is 1.65. The molecule has 1 aromatic rings. The van der Waals surface area contributed by atoms with Gasteiger partial charge in [-0.1, -0.05) is 0 Å². The van der Waals surface area contributed by atoms with E-state index in [1.54, 1.807) is 0 Å². The molecule has 0 aliphatic rings. The van der Waals surface area contributed by atoms with Crippen LogP contribution in [0.15, 0.2) is 23.4 Å². The first-order valence-corrected chi connectivity index (χ1v) is 7.49. The maximum atomic E-state index is 12.2. The summed E-state index contributed by atoms with van der Waals surface area (Å²) in [4.78, 5) is 16.4. The molecule has 0 unspecified atom stereocenters. The van der Waals surface area contributed by atoms with Gasteiger partial charge in [-0.05, 0) is 39.2 Å². The van der Waals surface area contributed by atoms with Gasteiger partial charge >= 0.3 is 5.97 Å². The van der Waals surface area contributed by atoms with E-state index < -0.39 is 16.0 Å². The first-order valence-electron chi connectivity index (χ1n) is 6.05. The summed E-state index contributed by atoms with van der Waals surface area (Å²) in [5, 5.41) is 8.61. The maximum Gasteiger partial charge on any atom is 0.337 e. The van der Waals surface area contributed by atoms with Gasteiger partial charge in [-0.25, -0.2) is 18.2 Å². The average Bonchev–Trinajstić information content (AvgIpc) is 2.38. The second kappa shape index (κ2) is 6.78. The summed E-state index contributed by atoms with van der Waals surface area (Å²) in [5.41, 5.74) is -0.0424. The second-order valence-electron chi connectivity index (χ2n) is 4.67. The van der Waals surface area contributed by atoms with E-state index in [1.165, 1.54) is 23.5 Å². The van der Waals surface area contributed by atoms with Crippen LogP contribution in [0.1, 0.15) is 16.8 Å². The van der Waals surface area contributed by atoms with Crippen LogP contribution in [0.2, 0.25) is 0 Å². The largest absolute Gasteiger partial charge is 0.478 e. The minimum absolute atomic E-state index is 0.0424. The van der Waals surface area contributed by atoms with Crippen molar-refractivity contribution in [3.8, 4) is 0 Å². The number of sulfonamides is 1. The lowest BCUT2D eigenvalue weighted by Crippen LogP contribution is -2.30. The molecule has 1 aromatic heterocycles. The summed E-state index contributed by atoms with van der Waals surface area (Å²) >= 11 is 0. The zero-order chi connectivity index (χ0) is 15.3. The lowest BCUT2D eigenvalue weighted by Gasteiger charge is -2.17. The van der Waals surface area contributed by atoms with E-state index in [2.05, 4.69) is 4.98 Å². The van der Waals surface area contributed by atoms with Crippen LogP contribution in [-0.4, -0.2) is 67.9 Å². The van der Waals surface area contributed by atoms with Crippen molar-refractivity contribution in [2.45, 2.75) is 11.4 Å². The Kier molecular flexibility index (Phi) is 5.61. The Labute approximate surface area is 118 Å². The van der Waals surface area contributed by atoms with Crippen molar-refractivity contribution >= 4 is 16.0 Å². The Bertz CT molecular complexity index is 555. The standard InChI is InChI=1S/C12H19N3O4S/c1-14(2)7-4-8-15(3)20(18,19)11-6-5-10(9-13-11)12(16)17/h5-6,9H,4,7-8H2,1-3H3,(H,16,17). The third kappa shape index (κ3) is 4.26. The number of aromatic nitrogens is 1. The number of nitrogens with zero attached hydrogens (tertiary/aromatic N) is 3. The number of carbonyl (C=O) groups is 1. The number of pyridine rings is 1. The van der Waals surface area contributed by atoms with Gasteiger partial charge in [-0.2, -0.15) is 4.31 Å². The number of hydrogen-bond donors (Lipinski definition) is 1. The first kappa shape index (κ1) is 16.5. The molecule has 112 valence electrons. The van der Waals surface area contributed by atoms with E-state index in [1.807, 2.05) is 19.0 Å². The molecule has 1 N–H and O–H groups in total. The number of aromatic carboxylic acids is 1. The maximum absolute atomic E-state index is 12.2. The predicted octanol–water partition coefficient (Wildman–Crippen LogP) is 0.352. The molecule has 1 rings (SSSR count). The van der Waals surface area contributed by atoms with Crippen LogP contribution in [0, 0.1) is 0 Å². The highest BCUT2D eigenvalue weighted by atomic mass is 32.2. The van der Waals surface area contributed by atoms with Crippen LogP contribution in [0.5, 0.6) is 0 Å². The second-order valence-corrected chi connectivity index (χ2v) is 6.67. The summed E-state index contributed by atoms with van der Waals surface area (Å²) in [6.45, 7) is 1.16. The van der Waals surface area contributed by atoms with Crippen LogP contribution in [-0.2, 0) is 10.0 Å². The molecule has 0 saturated heterocycles. The van der Waals surface area contributed by atoms with Crippen LogP contribution in [0.4, 0.5) is 0 Å². The third-order valence-electron chi connectivity index (χ3n) is 2.74. The summed E-state index contributed by atoms with van der Waals surface area (Å²) in [5.74, 6) is -1.14. The summed E-state index contributed by atoms with van der Waals surface area (Å²) in [6, 6.07) is 2.44. The molecule has 0 bridgehead atoms. The molecule has 0 amide bonds. The van der Waals surface area contributed by atoms with Crippen molar-refractivity contribution in [3.63, 3.8) is 0 Å². The molecular weight excluding hydrogens is 282 g/mol. The lowest BCUT2D eigenvalue weighted by atomic mass is 10.3. The van der Waals surface area contributed by atoms with Crippen LogP contribution < -0.4 is 0 Å². The van der Waals surface area contributed by atoms with Gasteiger partial charge in [0.2, 0.25) is 0 Å². The SMILES string of the molecule is CN(C)CCCN(C)S(=O)(=O)c1ccc(C(=O)O)cn1. The van der Waals surface area contributed by atoms with Crippen molar-refractivity contribution in [1.82, 2.24) is 14.2 Å². The molecule has 8 heteroatoms. The minimum atomic E-state index is -3.67. The van der Waals surface area contributed by atoms with Crippen molar-refractivity contribution in [2.75, 3.05) is 34.2 Å². The molecule has 0 aromatic carbocycles. The molecule has 7 nitrogen and oxygen atoms in total. The molecule has 1 heterocycles. The Hall–Kier alpha value is -1.51. The van der Waals surface area contributed by atoms with Gasteiger partial charge in [0, 0.05) is 19.8 Å². The van der Waals surface area contributed by atoms with Gasteiger partial charge in [0.05, 0.1) is 5.56 Å². The average molecular weight is 301 g/mol. The lowest BCUT2D eigenvalue weighted by molar-refractivity contribution is 0.0696. The Balaban J connectivity index is 2.79. The van der Waals surface area contributed by atoms with Gasteiger partial charge in [0.25, 0.3) is 10.0 Å². The van der Waals surface area contributed by atoms with Crippen LogP contribution in [0.3, 0.4) is 0 Å². The fourth-order valence-electron chi connectivity index (χ4n) is 1.55. The van der Waals surface area contributed by atoms with Crippen molar-refractivity contribution in [3.05, 3.63) is 23.9 Å². The van der Waals surface area contributed by atoms with E-state index in [0.717, 1.165) is 12.7 Å². The van der Waals surface area contributed by atoms with Gasteiger partial charge in [0.1, 0.15) is 0 Å². The van der Waals surface area contributed by atoms with Crippen molar-refractivity contribution in [2.24, 2.45) is 0 Å². The fourth-order valence-corrected chi connectivity index (χ4v) is 2.66. The van der Waals surface area contributed by atoms with Gasteiger partial charge in [-0.3, -0.25) is 0 Å². The minimum Gasteiger partial charge on any atom is -0.478 e. The Morgan fingerprint density at radius 2 is 1.90 bits per heavy atom. The highest BCUT2D eigenvalue weighted by Crippen LogP contribution is 2.12. The zero-order valence-corrected chi connectivity index (χ0v) is 12.6. The first-order chi connectivity index (χ1) is 9.25. The summed E-state index contributed by atoms with van der Waals surface area (Å²) < 4.78 is 25.6.